The van der Waals surface area contributed by atoms with Crippen molar-refractivity contribution in [1.29, 1.82) is 0 Å². The molecule has 4 fully saturated rings. The Hall–Kier alpha value is 0.400. The molecule has 0 aliphatic heterocycles. The lowest BCUT2D eigenvalue weighted by atomic mass is 9.44. The Morgan fingerprint density at radius 2 is 1.67 bits per heavy atom. The molecule has 138 valence electrons. The Kier molecular flexibility index (Phi) is 4.42. The van der Waals surface area contributed by atoms with Gasteiger partial charge in [-0.15, -0.1) is 0 Å². The summed E-state index contributed by atoms with van der Waals surface area (Å²) < 4.78 is 0. The zero-order valence-corrected chi connectivity index (χ0v) is 17.1. The summed E-state index contributed by atoms with van der Waals surface area (Å²) in [5, 5.41) is 20.6. The van der Waals surface area contributed by atoms with E-state index in [-0.39, 0.29) is 12.2 Å². The molecule has 0 radical (unpaired) electrons. The number of alkyl halides is 1. The monoisotopic (exact) mass is 398 g/mol. The average Bonchev–Trinajstić information content (AvgIpc) is 2.78. The molecule has 4 aliphatic rings. The summed E-state index contributed by atoms with van der Waals surface area (Å²) in [7, 11) is 0. The number of fused-ring (bicyclic) bond motifs is 5. The van der Waals surface area contributed by atoms with Crippen LogP contribution in [0.1, 0.15) is 72.1 Å². The number of hydrogen-bond donors (Lipinski definition) is 2. The van der Waals surface area contributed by atoms with Crippen LogP contribution in [0.2, 0.25) is 0 Å². The zero-order valence-electron chi connectivity index (χ0n) is 15.5. The zero-order chi connectivity index (χ0) is 17.3. The Labute approximate surface area is 155 Å². The van der Waals surface area contributed by atoms with Crippen molar-refractivity contribution in [2.75, 3.05) is 0 Å². The Balaban J connectivity index is 1.63. The smallest absolute Gasteiger partial charge is 0.0556 e. The van der Waals surface area contributed by atoms with Crippen molar-refractivity contribution in [3.63, 3.8) is 0 Å². The van der Waals surface area contributed by atoms with Gasteiger partial charge in [0.15, 0.2) is 0 Å². The summed E-state index contributed by atoms with van der Waals surface area (Å²) in [5.41, 5.74) is 0.759. The molecule has 0 amide bonds. The van der Waals surface area contributed by atoms with Crippen LogP contribution in [0, 0.1) is 40.4 Å². The van der Waals surface area contributed by atoms with Gasteiger partial charge < -0.3 is 10.2 Å². The third kappa shape index (κ3) is 2.40. The molecule has 0 bridgehead atoms. The Morgan fingerprint density at radius 3 is 2.38 bits per heavy atom. The van der Waals surface area contributed by atoms with E-state index in [9.17, 15) is 10.2 Å². The lowest BCUT2D eigenvalue weighted by Gasteiger charge is -2.61. The standard InChI is InChI=1S/C21H35BrO2/c1-12(23)19-18(22)11-17-15-5-4-13-10-14(24)6-8-20(13,2)16(15)7-9-21(17,19)3/h12-19,23-24H,4-11H2,1-3H3/t12-,13-,14-,15+,16-,17-,18+,19-,20-,21-/m0/s1. The topological polar surface area (TPSA) is 40.5 Å². The van der Waals surface area contributed by atoms with E-state index in [1.165, 1.54) is 38.5 Å². The highest BCUT2D eigenvalue weighted by molar-refractivity contribution is 9.09. The molecule has 4 rings (SSSR count). The van der Waals surface area contributed by atoms with Gasteiger partial charge in [-0.1, -0.05) is 29.8 Å². The van der Waals surface area contributed by atoms with E-state index >= 15 is 0 Å². The first-order valence-electron chi connectivity index (χ1n) is 10.3. The van der Waals surface area contributed by atoms with Gasteiger partial charge in [-0.05, 0) is 92.8 Å². The molecule has 0 spiro atoms. The van der Waals surface area contributed by atoms with Crippen molar-refractivity contribution in [1.82, 2.24) is 0 Å². The molecule has 0 aromatic carbocycles. The molecule has 0 aromatic heterocycles. The summed E-state index contributed by atoms with van der Waals surface area (Å²) in [6, 6.07) is 0. The summed E-state index contributed by atoms with van der Waals surface area (Å²) in [4.78, 5) is 0.477. The number of aliphatic hydroxyl groups excluding tert-OH is 2. The van der Waals surface area contributed by atoms with Crippen LogP contribution in [0.15, 0.2) is 0 Å². The fraction of sp³-hybridized carbons (Fsp3) is 1.00. The van der Waals surface area contributed by atoms with E-state index in [1.807, 2.05) is 6.92 Å². The van der Waals surface area contributed by atoms with Gasteiger partial charge in [0.1, 0.15) is 0 Å². The molecular formula is C21H35BrO2. The first kappa shape index (κ1) is 17.8. The third-order valence-corrected chi connectivity index (χ3v) is 10.2. The molecule has 10 atom stereocenters. The van der Waals surface area contributed by atoms with E-state index in [0.29, 0.717) is 21.6 Å². The summed E-state index contributed by atoms with van der Waals surface area (Å²) >= 11 is 3.94. The van der Waals surface area contributed by atoms with Crippen molar-refractivity contribution in [3.05, 3.63) is 0 Å². The molecule has 24 heavy (non-hydrogen) atoms. The van der Waals surface area contributed by atoms with Gasteiger partial charge in [0.2, 0.25) is 0 Å². The van der Waals surface area contributed by atoms with Crippen molar-refractivity contribution < 1.29 is 10.2 Å². The molecular weight excluding hydrogens is 364 g/mol. The maximum absolute atomic E-state index is 10.4. The van der Waals surface area contributed by atoms with Crippen molar-refractivity contribution >= 4 is 15.9 Å². The normalized spacial score (nSPS) is 58.5. The van der Waals surface area contributed by atoms with E-state index in [1.54, 1.807) is 0 Å². The van der Waals surface area contributed by atoms with Crippen LogP contribution >= 0.6 is 15.9 Å². The Morgan fingerprint density at radius 1 is 0.958 bits per heavy atom. The summed E-state index contributed by atoms with van der Waals surface area (Å²) in [6.07, 6.45) is 9.54. The van der Waals surface area contributed by atoms with Crippen LogP contribution in [-0.2, 0) is 0 Å². The van der Waals surface area contributed by atoms with Crippen molar-refractivity contribution in [2.24, 2.45) is 40.4 Å². The molecule has 4 aliphatic carbocycles. The summed E-state index contributed by atoms with van der Waals surface area (Å²) in [6.45, 7) is 7.03. The van der Waals surface area contributed by atoms with Gasteiger partial charge in [-0.3, -0.25) is 0 Å². The van der Waals surface area contributed by atoms with Crippen LogP contribution < -0.4 is 0 Å². The molecule has 0 heterocycles. The van der Waals surface area contributed by atoms with Crippen molar-refractivity contribution in [2.45, 2.75) is 89.2 Å². The first-order chi connectivity index (χ1) is 11.3. The molecule has 2 N–H and O–H groups in total. The van der Waals surface area contributed by atoms with Crippen LogP contribution in [0.5, 0.6) is 0 Å². The van der Waals surface area contributed by atoms with Gasteiger partial charge >= 0.3 is 0 Å². The van der Waals surface area contributed by atoms with Gasteiger partial charge in [0.25, 0.3) is 0 Å². The molecule has 0 saturated heterocycles. The largest absolute Gasteiger partial charge is 0.393 e. The second-order valence-corrected chi connectivity index (χ2v) is 11.3. The van der Waals surface area contributed by atoms with E-state index in [2.05, 4.69) is 29.8 Å². The first-order valence-corrected chi connectivity index (χ1v) is 11.2. The third-order valence-electron chi connectivity index (χ3n) is 9.23. The maximum atomic E-state index is 10.4. The van der Waals surface area contributed by atoms with Gasteiger partial charge in [-0.2, -0.15) is 0 Å². The van der Waals surface area contributed by atoms with Crippen molar-refractivity contribution in [3.8, 4) is 0 Å². The number of rotatable bonds is 1. The highest BCUT2D eigenvalue weighted by Gasteiger charge is 2.62. The minimum atomic E-state index is -0.210. The predicted molar refractivity (Wildman–Crippen MR) is 101 cm³/mol. The fourth-order valence-corrected chi connectivity index (χ4v) is 9.54. The van der Waals surface area contributed by atoms with E-state index in [0.717, 1.165) is 36.5 Å². The van der Waals surface area contributed by atoms with Gasteiger partial charge in [0.05, 0.1) is 12.2 Å². The fourth-order valence-electron chi connectivity index (χ4n) is 8.10. The molecule has 4 saturated carbocycles. The summed E-state index contributed by atoms with van der Waals surface area (Å²) in [5.74, 6) is 3.59. The van der Waals surface area contributed by atoms with Crippen LogP contribution in [0.4, 0.5) is 0 Å². The second kappa shape index (κ2) is 5.96. The lowest BCUT2D eigenvalue weighted by molar-refractivity contribution is -0.132. The number of hydrogen-bond acceptors (Lipinski definition) is 2. The van der Waals surface area contributed by atoms with E-state index in [4.69, 9.17) is 0 Å². The van der Waals surface area contributed by atoms with Crippen LogP contribution in [0.3, 0.4) is 0 Å². The molecule has 0 unspecified atom stereocenters. The number of aliphatic hydroxyl groups is 2. The highest BCUT2D eigenvalue weighted by atomic mass is 79.9. The minimum Gasteiger partial charge on any atom is -0.393 e. The molecule has 3 heteroatoms. The van der Waals surface area contributed by atoms with E-state index < -0.39 is 0 Å². The lowest BCUT2D eigenvalue weighted by Crippen LogP contribution is -2.54. The minimum absolute atomic E-state index is 0.0495. The average molecular weight is 399 g/mol. The molecule has 2 nitrogen and oxygen atoms in total. The second-order valence-electron chi connectivity index (χ2n) is 10.1. The number of halogens is 1. The quantitative estimate of drug-likeness (QED) is 0.624. The Bertz CT molecular complexity index is 494. The van der Waals surface area contributed by atoms with Crippen LogP contribution in [-0.4, -0.2) is 27.2 Å². The SMILES string of the molecule is C[C@H](O)[C@H]1[C@H](Br)C[C@H]2[C@@H]3CC[C@H]4C[C@@H](O)CC[C@]4(C)[C@H]3CC[C@]12C. The van der Waals surface area contributed by atoms with Gasteiger partial charge in [-0.25, -0.2) is 0 Å². The van der Waals surface area contributed by atoms with Gasteiger partial charge in [0, 0.05) is 10.7 Å². The maximum Gasteiger partial charge on any atom is 0.0556 e. The van der Waals surface area contributed by atoms with Crippen LogP contribution in [0.25, 0.3) is 0 Å². The predicted octanol–water partition coefficient (Wildman–Crippen LogP) is 4.76. The molecule has 0 aromatic rings. The highest BCUT2D eigenvalue weighted by Crippen LogP contribution is 2.68.